The summed E-state index contributed by atoms with van der Waals surface area (Å²) in [5.41, 5.74) is 5.22. The Bertz CT molecular complexity index is 171. The van der Waals surface area contributed by atoms with Crippen molar-refractivity contribution in [2.45, 2.75) is 37.8 Å². The Morgan fingerprint density at radius 2 is 1.92 bits per heavy atom. The maximum Gasteiger partial charge on any atom is 0.243 e. The zero-order chi connectivity index (χ0) is 8.97. The molecular weight excluding hydrogens is 152 g/mol. The fourth-order valence-corrected chi connectivity index (χ4v) is 0.584. The van der Waals surface area contributed by atoms with Crippen molar-refractivity contribution in [3.05, 3.63) is 12.7 Å². The van der Waals surface area contributed by atoms with Crippen molar-refractivity contribution in [2.75, 3.05) is 0 Å². The summed E-state index contributed by atoms with van der Waals surface area (Å²) in [5, 5.41) is 2.75. The number of hydrogen-bond donors (Lipinski definition) is 2. The Morgan fingerprint density at radius 1 is 1.42 bits per heavy atom. The average molecular weight is 168 g/mol. The van der Waals surface area contributed by atoms with Crippen molar-refractivity contribution in [2.24, 2.45) is 5.73 Å². The first-order valence-electron chi connectivity index (χ1n) is 4.41. The molecule has 2 fully saturated rings. The highest BCUT2D eigenvalue weighted by Gasteiger charge is 2.21. The van der Waals surface area contributed by atoms with Gasteiger partial charge in [0.2, 0.25) is 5.91 Å². The molecule has 1 amide bonds. The first-order chi connectivity index (χ1) is 5.72. The molecule has 3 heteroatoms. The summed E-state index contributed by atoms with van der Waals surface area (Å²) in [6.07, 6.45) is 6.11. The molecule has 2 saturated carbocycles. The lowest BCUT2D eigenvalue weighted by atomic mass is 10.5. The SMILES string of the molecule is C=CC(=O)NC1CC1.NC1CC1. The van der Waals surface area contributed by atoms with Gasteiger partial charge < -0.3 is 11.1 Å². The van der Waals surface area contributed by atoms with E-state index in [1.54, 1.807) is 0 Å². The smallest absolute Gasteiger partial charge is 0.243 e. The molecule has 2 aliphatic carbocycles. The van der Waals surface area contributed by atoms with Crippen LogP contribution in [0.15, 0.2) is 12.7 Å². The molecule has 0 aromatic carbocycles. The third-order valence-electron chi connectivity index (χ3n) is 1.73. The normalized spacial score (nSPS) is 20.4. The van der Waals surface area contributed by atoms with Crippen molar-refractivity contribution >= 4 is 5.91 Å². The Labute approximate surface area is 73.0 Å². The van der Waals surface area contributed by atoms with E-state index < -0.39 is 0 Å². The summed E-state index contributed by atoms with van der Waals surface area (Å²) in [6, 6.07) is 1.04. The van der Waals surface area contributed by atoms with Gasteiger partial charge in [-0.25, -0.2) is 0 Å². The molecule has 0 heterocycles. The van der Waals surface area contributed by atoms with Gasteiger partial charge in [0, 0.05) is 12.1 Å². The predicted molar refractivity (Wildman–Crippen MR) is 48.6 cm³/mol. The van der Waals surface area contributed by atoms with Gasteiger partial charge in [-0.1, -0.05) is 6.58 Å². The quantitative estimate of drug-likeness (QED) is 0.592. The largest absolute Gasteiger partial charge is 0.350 e. The minimum Gasteiger partial charge on any atom is -0.350 e. The molecule has 3 nitrogen and oxygen atoms in total. The van der Waals surface area contributed by atoms with Gasteiger partial charge in [-0.15, -0.1) is 0 Å². The van der Waals surface area contributed by atoms with Gasteiger partial charge in [-0.05, 0) is 31.8 Å². The van der Waals surface area contributed by atoms with Crippen molar-refractivity contribution in [1.82, 2.24) is 5.32 Å². The molecule has 12 heavy (non-hydrogen) atoms. The summed E-state index contributed by atoms with van der Waals surface area (Å²) >= 11 is 0. The van der Waals surface area contributed by atoms with Crippen LogP contribution >= 0.6 is 0 Å². The molecule has 2 rings (SSSR count). The minimum atomic E-state index is -0.0486. The van der Waals surface area contributed by atoms with Gasteiger partial charge in [-0.2, -0.15) is 0 Å². The fraction of sp³-hybridized carbons (Fsp3) is 0.667. The monoisotopic (exact) mass is 168 g/mol. The molecule has 2 aliphatic rings. The molecule has 0 atom stereocenters. The van der Waals surface area contributed by atoms with E-state index >= 15 is 0 Å². The zero-order valence-electron chi connectivity index (χ0n) is 7.25. The van der Waals surface area contributed by atoms with Crippen LogP contribution in [0.2, 0.25) is 0 Å². The Kier molecular flexibility index (Phi) is 3.29. The second-order valence-corrected chi connectivity index (χ2v) is 3.32. The number of amides is 1. The van der Waals surface area contributed by atoms with Crippen molar-refractivity contribution in [3.63, 3.8) is 0 Å². The van der Waals surface area contributed by atoms with Crippen LogP contribution in [-0.4, -0.2) is 18.0 Å². The first-order valence-corrected chi connectivity index (χ1v) is 4.41. The highest BCUT2D eigenvalue weighted by atomic mass is 16.1. The van der Waals surface area contributed by atoms with Crippen LogP contribution in [0.5, 0.6) is 0 Å². The van der Waals surface area contributed by atoms with Crippen LogP contribution in [0.1, 0.15) is 25.7 Å². The van der Waals surface area contributed by atoms with Gasteiger partial charge in [-0.3, -0.25) is 4.79 Å². The zero-order valence-corrected chi connectivity index (χ0v) is 7.25. The molecule has 0 bridgehead atoms. The van der Waals surface area contributed by atoms with Crippen LogP contribution in [0.3, 0.4) is 0 Å². The van der Waals surface area contributed by atoms with Gasteiger partial charge >= 0.3 is 0 Å². The number of carbonyl (C=O) groups excluding carboxylic acids is 1. The van der Waals surface area contributed by atoms with E-state index in [2.05, 4.69) is 11.9 Å². The van der Waals surface area contributed by atoms with E-state index in [1.165, 1.54) is 18.9 Å². The standard InChI is InChI=1S/C6H9NO.C3H7N/c1-2-6(8)7-5-3-4-5;4-3-1-2-3/h2,5H,1,3-4H2,(H,7,8);3H,1-2,4H2. The maximum atomic E-state index is 10.4. The van der Waals surface area contributed by atoms with Gasteiger partial charge in [0.1, 0.15) is 0 Å². The van der Waals surface area contributed by atoms with E-state index in [9.17, 15) is 4.79 Å². The highest BCUT2D eigenvalue weighted by Crippen LogP contribution is 2.18. The summed E-state index contributed by atoms with van der Waals surface area (Å²) < 4.78 is 0. The van der Waals surface area contributed by atoms with Crippen molar-refractivity contribution in [1.29, 1.82) is 0 Å². The molecular formula is C9H16N2O. The number of nitrogens with two attached hydrogens (primary N) is 1. The summed E-state index contributed by atoms with van der Waals surface area (Å²) in [4.78, 5) is 10.4. The van der Waals surface area contributed by atoms with Crippen LogP contribution in [-0.2, 0) is 4.79 Å². The van der Waals surface area contributed by atoms with Gasteiger partial charge in [0.25, 0.3) is 0 Å². The molecule has 68 valence electrons. The summed E-state index contributed by atoms with van der Waals surface area (Å²) in [6.45, 7) is 3.33. The van der Waals surface area contributed by atoms with Crippen LogP contribution in [0.4, 0.5) is 0 Å². The van der Waals surface area contributed by atoms with Crippen molar-refractivity contribution in [3.8, 4) is 0 Å². The Morgan fingerprint density at radius 3 is 2.17 bits per heavy atom. The van der Waals surface area contributed by atoms with E-state index in [4.69, 9.17) is 5.73 Å². The number of carbonyl (C=O) groups is 1. The van der Waals surface area contributed by atoms with Crippen molar-refractivity contribution < 1.29 is 4.79 Å². The highest BCUT2D eigenvalue weighted by molar-refractivity contribution is 5.87. The lowest BCUT2D eigenvalue weighted by Crippen LogP contribution is -2.22. The fourth-order valence-electron chi connectivity index (χ4n) is 0.584. The molecule has 0 aromatic heterocycles. The average Bonchev–Trinajstić information content (AvgIpc) is 2.89. The second-order valence-electron chi connectivity index (χ2n) is 3.32. The summed E-state index contributed by atoms with van der Waals surface area (Å²) in [5.74, 6) is -0.0486. The summed E-state index contributed by atoms with van der Waals surface area (Å²) in [7, 11) is 0. The molecule has 0 aromatic rings. The van der Waals surface area contributed by atoms with E-state index in [-0.39, 0.29) is 5.91 Å². The lowest BCUT2D eigenvalue weighted by molar-refractivity contribution is -0.116. The van der Waals surface area contributed by atoms with Gasteiger partial charge in [0.05, 0.1) is 0 Å². The number of hydrogen-bond acceptors (Lipinski definition) is 2. The molecule has 0 saturated heterocycles. The third kappa shape index (κ3) is 4.91. The molecule has 0 spiro atoms. The molecule has 0 aliphatic heterocycles. The maximum absolute atomic E-state index is 10.4. The van der Waals surface area contributed by atoms with Crippen LogP contribution in [0.25, 0.3) is 0 Å². The van der Waals surface area contributed by atoms with E-state index in [1.807, 2.05) is 0 Å². The lowest BCUT2D eigenvalue weighted by Gasteiger charge is -1.93. The second kappa shape index (κ2) is 4.26. The molecule has 0 radical (unpaired) electrons. The van der Waals surface area contributed by atoms with E-state index in [0.29, 0.717) is 12.1 Å². The first kappa shape index (κ1) is 9.26. The minimum absolute atomic E-state index is 0.0486. The molecule has 3 N–H and O–H groups in total. The Hall–Kier alpha value is -0.830. The number of rotatable bonds is 2. The van der Waals surface area contributed by atoms with Crippen LogP contribution < -0.4 is 11.1 Å². The number of nitrogens with one attached hydrogen (secondary N) is 1. The molecule has 0 unspecified atom stereocenters. The predicted octanol–water partition coefficient (Wildman–Crippen LogP) is 0.558. The Balaban J connectivity index is 0.000000150. The van der Waals surface area contributed by atoms with E-state index in [0.717, 1.165) is 12.8 Å². The van der Waals surface area contributed by atoms with Gasteiger partial charge in [0.15, 0.2) is 0 Å². The van der Waals surface area contributed by atoms with Crippen LogP contribution in [0, 0.1) is 0 Å². The third-order valence-corrected chi connectivity index (χ3v) is 1.73. The topological polar surface area (TPSA) is 55.1 Å².